The van der Waals surface area contributed by atoms with Gasteiger partial charge in [-0.3, -0.25) is 4.79 Å². The van der Waals surface area contributed by atoms with Gasteiger partial charge in [-0.15, -0.1) is 0 Å². The van der Waals surface area contributed by atoms with Gasteiger partial charge in [-0.25, -0.2) is 17.5 Å². The van der Waals surface area contributed by atoms with Crippen molar-refractivity contribution in [3.63, 3.8) is 0 Å². The number of hydrogen-bond acceptors (Lipinski definition) is 3. The van der Waals surface area contributed by atoms with E-state index in [1.807, 2.05) is 0 Å². The van der Waals surface area contributed by atoms with E-state index in [0.29, 0.717) is 25.1 Å². The van der Waals surface area contributed by atoms with E-state index >= 15 is 0 Å². The van der Waals surface area contributed by atoms with Crippen LogP contribution in [-0.4, -0.2) is 38.9 Å². The summed E-state index contributed by atoms with van der Waals surface area (Å²) in [6.07, 6.45) is 3.39. The molecule has 5 nitrogen and oxygen atoms in total. The van der Waals surface area contributed by atoms with Gasteiger partial charge in [0.25, 0.3) is 0 Å². The molecule has 0 aromatic heterocycles. The molecule has 1 N–H and O–H groups in total. The molecule has 2 rings (SSSR count). The molecule has 1 aliphatic rings. The van der Waals surface area contributed by atoms with Crippen LogP contribution < -0.4 is 4.72 Å². The van der Waals surface area contributed by atoms with Crippen molar-refractivity contribution in [2.45, 2.75) is 37.5 Å². The molecular weight excluding hydrogens is 307 g/mol. The molecule has 122 valence electrons. The van der Waals surface area contributed by atoms with Crippen molar-refractivity contribution in [3.8, 4) is 0 Å². The zero-order valence-corrected chi connectivity index (χ0v) is 13.5. The molecule has 1 aromatic carbocycles. The van der Waals surface area contributed by atoms with Crippen LogP contribution in [0.2, 0.25) is 0 Å². The normalized spacial score (nSPS) is 16.6. The zero-order valence-electron chi connectivity index (χ0n) is 12.6. The topological polar surface area (TPSA) is 66.5 Å². The van der Waals surface area contributed by atoms with E-state index in [1.54, 1.807) is 11.8 Å². The molecule has 0 unspecified atom stereocenters. The SMILES string of the molecule is Cc1ccc(S(=O)(=O)NCCN2CCCCCC2=O)cc1F. The number of aryl methyl sites for hydroxylation is 1. The van der Waals surface area contributed by atoms with Crippen molar-refractivity contribution in [1.29, 1.82) is 0 Å². The van der Waals surface area contributed by atoms with Crippen molar-refractivity contribution >= 4 is 15.9 Å². The largest absolute Gasteiger partial charge is 0.341 e. The quantitative estimate of drug-likeness (QED) is 0.896. The summed E-state index contributed by atoms with van der Waals surface area (Å²) in [5, 5.41) is 0. The Morgan fingerprint density at radius 1 is 1.27 bits per heavy atom. The number of benzene rings is 1. The lowest BCUT2D eigenvalue weighted by molar-refractivity contribution is -0.130. The molecule has 1 aliphatic heterocycles. The highest BCUT2D eigenvalue weighted by molar-refractivity contribution is 7.89. The molecule has 0 radical (unpaired) electrons. The molecule has 0 bridgehead atoms. The molecule has 0 atom stereocenters. The average Bonchev–Trinajstić information content (AvgIpc) is 2.67. The maximum Gasteiger partial charge on any atom is 0.240 e. The van der Waals surface area contributed by atoms with Gasteiger partial charge < -0.3 is 4.90 Å². The van der Waals surface area contributed by atoms with Crippen LogP contribution in [0.25, 0.3) is 0 Å². The second-order valence-electron chi connectivity index (χ2n) is 5.50. The third kappa shape index (κ3) is 4.27. The van der Waals surface area contributed by atoms with Crippen LogP contribution in [-0.2, 0) is 14.8 Å². The number of likely N-dealkylation sites (tertiary alicyclic amines) is 1. The van der Waals surface area contributed by atoms with Crippen molar-refractivity contribution in [2.24, 2.45) is 0 Å². The summed E-state index contributed by atoms with van der Waals surface area (Å²) in [6, 6.07) is 3.81. The van der Waals surface area contributed by atoms with Gasteiger partial charge in [-0.2, -0.15) is 0 Å². The number of halogens is 1. The van der Waals surface area contributed by atoms with E-state index in [0.717, 1.165) is 25.3 Å². The van der Waals surface area contributed by atoms with Crippen molar-refractivity contribution in [3.05, 3.63) is 29.6 Å². The maximum atomic E-state index is 13.5. The van der Waals surface area contributed by atoms with E-state index in [4.69, 9.17) is 0 Å². The number of amides is 1. The minimum absolute atomic E-state index is 0.0677. The third-order valence-corrected chi connectivity index (χ3v) is 5.26. The Kier molecular flexibility index (Phi) is 5.52. The summed E-state index contributed by atoms with van der Waals surface area (Å²) in [7, 11) is -3.75. The number of hydrogen-bond donors (Lipinski definition) is 1. The van der Waals surface area contributed by atoms with Crippen LogP contribution in [0.5, 0.6) is 0 Å². The summed E-state index contributed by atoms with van der Waals surface area (Å²) in [5.74, 6) is -0.483. The average molecular weight is 328 g/mol. The third-order valence-electron chi connectivity index (χ3n) is 3.80. The first-order valence-corrected chi connectivity index (χ1v) is 8.92. The number of rotatable bonds is 5. The molecule has 1 saturated heterocycles. The standard InChI is InChI=1S/C15H21FN2O3S/c1-12-6-7-13(11-14(12)16)22(20,21)17-8-10-18-9-4-2-3-5-15(18)19/h6-7,11,17H,2-5,8-10H2,1H3. The van der Waals surface area contributed by atoms with Gasteiger partial charge in [0.05, 0.1) is 4.90 Å². The lowest BCUT2D eigenvalue weighted by Crippen LogP contribution is -2.38. The van der Waals surface area contributed by atoms with Crippen LogP contribution >= 0.6 is 0 Å². The lowest BCUT2D eigenvalue weighted by Gasteiger charge is -2.20. The molecule has 0 spiro atoms. The van der Waals surface area contributed by atoms with Crippen LogP contribution in [0.1, 0.15) is 31.2 Å². The minimum Gasteiger partial charge on any atom is -0.341 e. The number of nitrogens with one attached hydrogen (secondary N) is 1. The van der Waals surface area contributed by atoms with Gasteiger partial charge in [-0.05, 0) is 37.5 Å². The predicted octanol–water partition coefficient (Wildman–Crippen LogP) is 1.82. The van der Waals surface area contributed by atoms with E-state index in [2.05, 4.69) is 4.72 Å². The monoisotopic (exact) mass is 328 g/mol. The molecule has 7 heteroatoms. The fourth-order valence-corrected chi connectivity index (χ4v) is 3.45. The molecule has 0 saturated carbocycles. The second kappa shape index (κ2) is 7.19. The Hall–Kier alpha value is -1.47. The molecular formula is C15H21FN2O3S. The van der Waals surface area contributed by atoms with Crippen LogP contribution in [0, 0.1) is 12.7 Å². The molecule has 1 amide bonds. The fraction of sp³-hybridized carbons (Fsp3) is 0.533. The lowest BCUT2D eigenvalue weighted by atomic mass is 10.2. The summed E-state index contributed by atoms with van der Waals surface area (Å²) in [5.41, 5.74) is 0.397. The van der Waals surface area contributed by atoms with Crippen LogP contribution in [0.4, 0.5) is 4.39 Å². The molecule has 1 aromatic rings. The summed E-state index contributed by atoms with van der Waals surface area (Å²) in [6.45, 7) is 2.71. The molecule has 1 heterocycles. The molecule has 0 aliphatic carbocycles. The molecule has 22 heavy (non-hydrogen) atoms. The van der Waals surface area contributed by atoms with E-state index in [-0.39, 0.29) is 17.3 Å². The number of carbonyl (C=O) groups is 1. The van der Waals surface area contributed by atoms with Gasteiger partial charge in [0.15, 0.2) is 0 Å². The van der Waals surface area contributed by atoms with E-state index in [9.17, 15) is 17.6 Å². The van der Waals surface area contributed by atoms with Gasteiger partial charge in [0.2, 0.25) is 15.9 Å². The fourth-order valence-electron chi connectivity index (χ4n) is 2.41. The van der Waals surface area contributed by atoms with E-state index < -0.39 is 15.8 Å². The maximum absolute atomic E-state index is 13.5. The Labute approximate surface area is 130 Å². The van der Waals surface area contributed by atoms with Crippen molar-refractivity contribution in [2.75, 3.05) is 19.6 Å². The van der Waals surface area contributed by atoms with Crippen LogP contribution in [0.15, 0.2) is 23.1 Å². The predicted molar refractivity (Wildman–Crippen MR) is 81.4 cm³/mol. The Morgan fingerprint density at radius 3 is 2.77 bits per heavy atom. The smallest absolute Gasteiger partial charge is 0.240 e. The zero-order chi connectivity index (χ0) is 16.2. The highest BCUT2D eigenvalue weighted by Gasteiger charge is 2.19. The Balaban J connectivity index is 1.94. The van der Waals surface area contributed by atoms with Gasteiger partial charge in [-0.1, -0.05) is 12.5 Å². The van der Waals surface area contributed by atoms with Gasteiger partial charge >= 0.3 is 0 Å². The van der Waals surface area contributed by atoms with Gasteiger partial charge in [0, 0.05) is 26.1 Å². The highest BCUT2D eigenvalue weighted by atomic mass is 32.2. The highest BCUT2D eigenvalue weighted by Crippen LogP contribution is 2.14. The number of sulfonamides is 1. The second-order valence-corrected chi connectivity index (χ2v) is 7.27. The van der Waals surface area contributed by atoms with E-state index in [1.165, 1.54) is 12.1 Å². The summed E-state index contributed by atoms with van der Waals surface area (Å²) >= 11 is 0. The van der Waals surface area contributed by atoms with Crippen molar-refractivity contribution in [1.82, 2.24) is 9.62 Å². The first kappa shape index (κ1) is 16.9. The number of carbonyl (C=O) groups excluding carboxylic acids is 1. The summed E-state index contributed by atoms with van der Waals surface area (Å²) < 4.78 is 40.1. The van der Waals surface area contributed by atoms with Crippen LogP contribution in [0.3, 0.4) is 0 Å². The molecule has 1 fully saturated rings. The number of nitrogens with zero attached hydrogens (tertiary/aromatic N) is 1. The minimum atomic E-state index is -3.75. The Morgan fingerprint density at radius 2 is 2.05 bits per heavy atom. The first-order valence-electron chi connectivity index (χ1n) is 7.44. The Bertz CT molecular complexity index is 646. The first-order chi connectivity index (χ1) is 10.4. The van der Waals surface area contributed by atoms with Crippen molar-refractivity contribution < 1.29 is 17.6 Å². The van der Waals surface area contributed by atoms with Gasteiger partial charge in [0.1, 0.15) is 5.82 Å². The summed E-state index contributed by atoms with van der Waals surface area (Å²) in [4.78, 5) is 13.4.